The largest absolute Gasteiger partial charge is 0.461 e. The summed E-state index contributed by atoms with van der Waals surface area (Å²) in [5, 5.41) is 10.9. The zero-order valence-electron chi connectivity index (χ0n) is 31.8. The number of rotatable bonds is 19. The predicted molar refractivity (Wildman–Crippen MR) is 199 cm³/mol. The lowest BCUT2D eigenvalue weighted by molar-refractivity contribution is -0.162. The fourth-order valence-electron chi connectivity index (χ4n) is 10.3. The van der Waals surface area contributed by atoms with Gasteiger partial charge in [-0.1, -0.05) is 161 Å². The number of unbranched alkanes of at least 4 members (excludes halogenated alkanes) is 12. The number of aliphatic hydroxyl groups is 1. The van der Waals surface area contributed by atoms with Crippen LogP contribution in [0.2, 0.25) is 0 Å². The molecule has 0 aromatic heterocycles. The maximum Gasteiger partial charge on any atom is 0.306 e. The summed E-state index contributed by atoms with van der Waals surface area (Å²) in [5.74, 6) is 3.57. The van der Waals surface area contributed by atoms with Crippen molar-refractivity contribution >= 4 is 5.97 Å². The van der Waals surface area contributed by atoms with Crippen LogP contribution < -0.4 is 0 Å². The maximum atomic E-state index is 13.3. The Bertz CT molecular complexity index is 1070. The Morgan fingerprint density at radius 3 is 2.09 bits per heavy atom. The molecule has 1 unspecified atom stereocenters. The van der Waals surface area contributed by atoms with Gasteiger partial charge in [0, 0.05) is 18.3 Å². The normalized spacial score (nSPS) is 33.2. The van der Waals surface area contributed by atoms with Gasteiger partial charge in [0.05, 0.1) is 6.10 Å². The third-order valence-electron chi connectivity index (χ3n) is 13.9. The second-order valence-corrected chi connectivity index (χ2v) is 17.4. The highest BCUT2D eigenvalue weighted by Crippen LogP contribution is 2.66. The minimum Gasteiger partial charge on any atom is -0.461 e. The lowest BCUT2D eigenvalue weighted by Gasteiger charge is -2.57. The van der Waals surface area contributed by atoms with Crippen LogP contribution in [0.4, 0.5) is 0 Å². The van der Waals surface area contributed by atoms with Crippen molar-refractivity contribution in [1.29, 1.82) is 0 Å². The fourth-order valence-corrected chi connectivity index (χ4v) is 10.3. The molecule has 0 aliphatic heterocycles. The van der Waals surface area contributed by atoms with Gasteiger partial charge < -0.3 is 9.84 Å². The molecule has 0 spiro atoms. The summed E-state index contributed by atoms with van der Waals surface area (Å²) in [7, 11) is 0. The maximum absolute atomic E-state index is 13.3. The molecule has 4 aliphatic carbocycles. The third-order valence-corrected chi connectivity index (χ3v) is 13.9. The number of carbonyl (C=O) groups excluding carboxylic acids is 1. The van der Waals surface area contributed by atoms with E-state index in [1.54, 1.807) is 5.57 Å². The highest BCUT2D eigenvalue weighted by molar-refractivity contribution is 5.69. The van der Waals surface area contributed by atoms with Gasteiger partial charge in [0.15, 0.2) is 0 Å². The Morgan fingerprint density at radius 1 is 0.851 bits per heavy atom. The number of aliphatic hydroxyl groups excluding tert-OH is 1. The molecule has 0 heterocycles. The van der Waals surface area contributed by atoms with E-state index >= 15 is 0 Å². The summed E-state index contributed by atoms with van der Waals surface area (Å²) in [6.45, 7) is 16.7. The highest BCUT2D eigenvalue weighted by Gasteiger charge is 2.59. The van der Waals surface area contributed by atoms with Crippen LogP contribution in [0.15, 0.2) is 35.5 Å². The number of esters is 1. The van der Waals surface area contributed by atoms with Crippen LogP contribution in [0.25, 0.3) is 0 Å². The van der Waals surface area contributed by atoms with Crippen molar-refractivity contribution in [2.24, 2.45) is 46.3 Å². The molecule has 0 amide bonds. The number of carbonyl (C=O) groups is 1. The molecule has 0 radical (unpaired) electrons. The van der Waals surface area contributed by atoms with Gasteiger partial charge in [-0.15, -0.1) is 0 Å². The average molecular weight is 651 g/mol. The molecular weight excluding hydrogens is 576 g/mol. The number of fused-ring (bicyclic) bond motifs is 5. The smallest absolute Gasteiger partial charge is 0.306 e. The lowest BCUT2D eigenvalue weighted by atomic mass is 9.49. The van der Waals surface area contributed by atoms with E-state index in [0.29, 0.717) is 60.2 Å². The van der Waals surface area contributed by atoms with Crippen molar-refractivity contribution in [3.8, 4) is 0 Å². The van der Waals surface area contributed by atoms with E-state index in [4.69, 9.17) is 4.74 Å². The summed E-state index contributed by atoms with van der Waals surface area (Å²) in [5.41, 5.74) is 3.05. The van der Waals surface area contributed by atoms with Crippen molar-refractivity contribution in [2.45, 2.75) is 189 Å². The number of allylic oxidation sites excluding steroid dienone is 5. The van der Waals surface area contributed by atoms with Crippen LogP contribution in [-0.2, 0) is 9.53 Å². The summed E-state index contributed by atoms with van der Waals surface area (Å²) < 4.78 is 6.38. The van der Waals surface area contributed by atoms with Crippen molar-refractivity contribution in [1.82, 2.24) is 0 Å². The van der Waals surface area contributed by atoms with E-state index in [1.165, 1.54) is 95.5 Å². The van der Waals surface area contributed by atoms with Crippen LogP contribution in [0.3, 0.4) is 0 Å². The standard InChI is InChI=1S/C44H74O3/c1-8-9-10-11-12-13-14-15-16-17-18-19-20-21-42(46)47-41-31-36(45)30-35-24-25-37-39-27-26-38(34(5)23-22-33(4)32(2)3)43(39,6)29-28-40(37)44(35,41)7/h22-25,32-34,36,38-41,45H,8-21,26-31H2,1-7H3/b23-22+/t33-,34+,36-,38+,39-,40+,41?,43+,44+/m0/s1. The molecule has 1 N–H and O–H groups in total. The van der Waals surface area contributed by atoms with Crippen molar-refractivity contribution in [3.63, 3.8) is 0 Å². The number of hydrogen-bond donors (Lipinski definition) is 1. The summed E-state index contributed by atoms with van der Waals surface area (Å²) >= 11 is 0. The minimum absolute atomic E-state index is 0.0540. The first kappa shape index (κ1) is 38.5. The van der Waals surface area contributed by atoms with Crippen LogP contribution in [-0.4, -0.2) is 23.3 Å². The summed E-state index contributed by atoms with van der Waals surface area (Å²) in [4.78, 5) is 13.3. The van der Waals surface area contributed by atoms with E-state index in [-0.39, 0.29) is 17.5 Å². The molecule has 0 aromatic rings. The summed E-state index contributed by atoms with van der Waals surface area (Å²) in [6.07, 6.45) is 32.8. The third kappa shape index (κ3) is 9.46. The quantitative estimate of drug-likeness (QED) is 0.0859. The Labute approximate surface area is 290 Å². The van der Waals surface area contributed by atoms with Crippen molar-refractivity contribution in [3.05, 3.63) is 35.5 Å². The number of ether oxygens (including phenoxy) is 1. The van der Waals surface area contributed by atoms with E-state index in [0.717, 1.165) is 19.3 Å². The molecule has 3 saturated carbocycles. The molecule has 3 fully saturated rings. The Hall–Kier alpha value is -1.35. The lowest BCUT2D eigenvalue weighted by Crippen LogP contribution is -2.53. The van der Waals surface area contributed by atoms with Crippen LogP contribution in [0, 0.1) is 46.3 Å². The Morgan fingerprint density at radius 2 is 1.47 bits per heavy atom. The van der Waals surface area contributed by atoms with Gasteiger partial charge in [-0.05, 0) is 79.4 Å². The molecule has 47 heavy (non-hydrogen) atoms. The zero-order chi connectivity index (χ0) is 34.0. The van der Waals surface area contributed by atoms with Crippen molar-refractivity contribution < 1.29 is 14.6 Å². The van der Waals surface area contributed by atoms with Crippen molar-refractivity contribution in [2.75, 3.05) is 0 Å². The van der Waals surface area contributed by atoms with Gasteiger partial charge in [-0.25, -0.2) is 0 Å². The molecule has 4 rings (SSSR count). The van der Waals surface area contributed by atoms with Gasteiger partial charge in [0.1, 0.15) is 6.10 Å². The molecule has 4 aliphatic rings. The Kier molecular flexibility index (Phi) is 14.8. The van der Waals surface area contributed by atoms with Gasteiger partial charge in [0.25, 0.3) is 0 Å². The average Bonchev–Trinajstić information content (AvgIpc) is 3.39. The molecule has 9 atom stereocenters. The monoisotopic (exact) mass is 651 g/mol. The molecule has 0 bridgehead atoms. The van der Waals surface area contributed by atoms with Crippen LogP contribution in [0.5, 0.6) is 0 Å². The van der Waals surface area contributed by atoms with Crippen LogP contribution in [0.1, 0.15) is 177 Å². The first-order valence-corrected chi connectivity index (χ1v) is 20.5. The zero-order valence-corrected chi connectivity index (χ0v) is 31.8. The fraction of sp³-hybridized carbons (Fsp3) is 0.841. The molecule has 3 heteroatoms. The Balaban J connectivity index is 1.27. The molecule has 0 saturated heterocycles. The molecule has 268 valence electrons. The van der Waals surface area contributed by atoms with E-state index in [2.05, 4.69) is 72.8 Å². The minimum atomic E-state index is -0.427. The van der Waals surface area contributed by atoms with Gasteiger partial charge in [-0.3, -0.25) is 4.79 Å². The van der Waals surface area contributed by atoms with E-state index in [1.807, 2.05) is 0 Å². The molecular formula is C44H74O3. The van der Waals surface area contributed by atoms with E-state index in [9.17, 15) is 9.90 Å². The second kappa shape index (κ2) is 18.1. The first-order valence-electron chi connectivity index (χ1n) is 20.5. The van der Waals surface area contributed by atoms with Gasteiger partial charge in [-0.2, -0.15) is 0 Å². The first-order chi connectivity index (χ1) is 22.5. The predicted octanol–water partition coefficient (Wildman–Crippen LogP) is 12.3. The van der Waals surface area contributed by atoms with Gasteiger partial charge >= 0.3 is 5.97 Å². The highest BCUT2D eigenvalue weighted by atomic mass is 16.5. The molecule has 3 nitrogen and oxygen atoms in total. The summed E-state index contributed by atoms with van der Waals surface area (Å²) in [6, 6.07) is 0. The topological polar surface area (TPSA) is 46.5 Å². The van der Waals surface area contributed by atoms with E-state index < -0.39 is 6.10 Å². The number of hydrogen-bond acceptors (Lipinski definition) is 3. The SMILES string of the molecule is CCCCCCCCCCCCCCCC(=O)OC1C[C@@H](O)CC2=CC=C3[C@@H](CC[C@]4(C)[C@@H]([C@H](C)/C=C/[C@H](C)C(C)C)CC[C@@H]34)[C@@]21C. The van der Waals surface area contributed by atoms with Crippen LogP contribution >= 0.6 is 0 Å². The van der Waals surface area contributed by atoms with Gasteiger partial charge in [0.2, 0.25) is 0 Å². The second-order valence-electron chi connectivity index (χ2n) is 17.4. The molecule has 0 aromatic carbocycles.